The van der Waals surface area contributed by atoms with E-state index in [0.29, 0.717) is 11.8 Å². The Morgan fingerprint density at radius 3 is 2.71 bits per heavy atom. The average molecular weight is 290 g/mol. The Morgan fingerprint density at radius 1 is 1.29 bits per heavy atom. The number of aldehydes is 1. The lowest BCUT2D eigenvalue weighted by Crippen LogP contribution is -2.52. The zero-order valence-electron chi connectivity index (χ0n) is 10.9. The first-order valence-corrected chi connectivity index (χ1v) is 6.44. The van der Waals surface area contributed by atoms with E-state index < -0.39 is 23.7 Å². The molecule has 1 fully saturated rings. The maximum atomic E-state index is 13.8. The molecule has 0 saturated carbocycles. The number of amides is 3. The number of carbonyl (C=O) groups is 4. The van der Waals surface area contributed by atoms with Gasteiger partial charge in [-0.3, -0.25) is 24.5 Å². The third-order valence-electron chi connectivity index (χ3n) is 3.81. The molecule has 6 nitrogen and oxygen atoms in total. The van der Waals surface area contributed by atoms with Gasteiger partial charge in [0.15, 0.2) is 0 Å². The van der Waals surface area contributed by atoms with Crippen molar-refractivity contribution in [2.24, 2.45) is 0 Å². The van der Waals surface area contributed by atoms with E-state index in [1.807, 2.05) is 0 Å². The lowest BCUT2D eigenvalue weighted by Gasteiger charge is -2.29. The van der Waals surface area contributed by atoms with Crippen LogP contribution in [0, 0.1) is 5.82 Å². The first-order valence-electron chi connectivity index (χ1n) is 6.44. The van der Waals surface area contributed by atoms with Gasteiger partial charge in [-0.25, -0.2) is 4.39 Å². The molecule has 0 bridgehead atoms. The van der Waals surface area contributed by atoms with Crippen LogP contribution < -0.4 is 5.32 Å². The molecule has 0 radical (unpaired) electrons. The van der Waals surface area contributed by atoms with Gasteiger partial charge in [0.25, 0.3) is 5.91 Å². The van der Waals surface area contributed by atoms with Gasteiger partial charge in [-0.2, -0.15) is 0 Å². The molecule has 1 atom stereocenters. The third kappa shape index (κ3) is 2.01. The van der Waals surface area contributed by atoms with Crippen molar-refractivity contribution < 1.29 is 23.6 Å². The summed E-state index contributed by atoms with van der Waals surface area (Å²) in [6.07, 6.45) is 0.876. The van der Waals surface area contributed by atoms with Gasteiger partial charge in [0.2, 0.25) is 11.8 Å². The maximum Gasteiger partial charge on any atom is 0.258 e. The minimum absolute atomic E-state index is 0.00766. The zero-order chi connectivity index (χ0) is 15.1. The smallest absolute Gasteiger partial charge is 0.258 e. The van der Waals surface area contributed by atoms with Crippen LogP contribution in [0.5, 0.6) is 0 Å². The molecular weight excluding hydrogens is 279 g/mol. The number of hydrogen-bond acceptors (Lipinski definition) is 4. The molecule has 3 rings (SSSR count). The van der Waals surface area contributed by atoms with Crippen LogP contribution in [0.15, 0.2) is 12.1 Å². The second-order valence-electron chi connectivity index (χ2n) is 5.01. The van der Waals surface area contributed by atoms with E-state index in [2.05, 4.69) is 5.32 Å². The number of imide groups is 1. The summed E-state index contributed by atoms with van der Waals surface area (Å²) in [5.41, 5.74) is 0.360. The predicted octanol–water partition coefficient (Wildman–Crippen LogP) is 0.399. The van der Waals surface area contributed by atoms with Gasteiger partial charge in [-0.1, -0.05) is 0 Å². The fourth-order valence-electron chi connectivity index (χ4n) is 2.76. The van der Waals surface area contributed by atoms with Crippen LogP contribution in [-0.4, -0.2) is 34.9 Å². The second-order valence-corrected chi connectivity index (χ2v) is 5.01. The van der Waals surface area contributed by atoms with Crippen LogP contribution in [0.2, 0.25) is 0 Å². The lowest BCUT2D eigenvalue weighted by atomic mass is 10.0. The van der Waals surface area contributed by atoms with E-state index in [-0.39, 0.29) is 36.4 Å². The van der Waals surface area contributed by atoms with Gasteiger partial charge in [0.1, 0.15) is 18.1 Å². The van der Waals surface area contributed by atoms with E-state index in [1.165, 1.54) is 11.0 Å². The number of nitrogens with zero attached hydrogens (tertiary/aromatic N) is 1. The van der Waals surface area contributed by atoms with Crippen LogP contribution in [0.3, 0.4) is 0 Å². The van der Waals surface area contributed by atoms with Crippen LogP contribution in [0.25, 0.3) is 0 Å². The van der Waals surface area contributed by atoms with Gasteiger partial charge in [0.05, 0.1) is 5.56 Å². The van der Waals surface area contributed by atoms with Gasteiger partial charge >= 0.3 is 0 Å². The molecule has 1 N–H and O–H groups in total. The van der Waals surface area contributed by atoms with E-state index in [4.69, 9.17) is 0 Å². The topological polar surface area (TPSA) is 83.6 Å². The number of nitrogens with one attached hydrogen (secondary N) is 1. The van der Waals surface area contributed by atoms with Crippen LogP contribution in [0.1, 0.15) is 39.1 Å². The van der Waals surface area contributed by atoms with Crippen molar-refractivity contribution in [3.05, 3.63) is 34.6 Å². The van der Waals surface area contributed by atoms with Crippen molar-refractivity contribution in [1.29, 1.82) is 0 Å². The standard InChI is InChI=1S/C14H11FN2O4/c15-9-2-1-7(6-18)8-5-17(14(21)12(8)9)10-3-4-11(19)16-13(10)20/h1-2,6,10H,3-5H2,(H,16,19,20). The van der Waals surface area contributed by atoms with Crippen LogP contribution in [-0.2, 0) is 16.1 Å². The second kappa shape index (κ2) is 4.76. The largest absolute Gasteiger partial charge is 0.322 e. The molecule has 0 aromatic heterocycles. The third-order valence-corrected chi connectivity index (χ3v) is 3.81. The van der Waals surface area contributed by atoms with Gasteiger partial charge in [-0.15, -0.1) is 0 Å². The molecule has 1 unspecified atom stereocenters. The Morgan fingerprint density at radius 2 is 2.05 bits per heavy atom. The SMILES string of the molecule is O=Cc1ccc(F)c2c1CN(C1CCC(=O)NC1=O)C2=O. The summed E-state index contributed by atoms with van der Waals surface area (Å²) < 4.78 is 13.8. The summed E-state index contributed by atoms with van der Waals surface area (Å²) in [6, 6.07) is 1.55. The summed E-state index contributed by atoms with van der Waals surface area (Å²) in [4.78, 5) is 47.5. The van der Waals surface area contributed by atoms with Crippen molar-refractivity contribution in [3.8, 4) is 0 Å². The number of fused-ring (bicyclic) bond motifs is 1. The molecule has 108 valence electrons. The molecule has 3 amide bonds. The maximum absolute atomic E-state index is 13.8. The quantitative estimate of drug-likeness (QED) is 0.631. The van der Waals surface area contributed by atoms with Crippen LogP contribution in [0.4, 0.5) is 4.39 Å². The molecule has 0 spiro atoms. The zero-order valence-corrected chi connectivity index (χ0v) is 10.9. The normalized spacial score (nSPS) is 21.3. The Labute approximate surface area is 118 Å². The van der Waals surface area contributed by atoms with Crippen molar-refractivity contribution in [3.63, 3.8) is 0 Å². The Kier molecular flexibility index (Phi) is 3.04. The summed E-state index contributed by atoms with van der Waals surface area (Å²) in [7, 11) is 0. The molecule has 1 aromatic carbocycles. The van der Waals surface area contributed by atoms with Crippen molar-refractivity contribution >= 4 is 24.0 Å². The molecule has 2 aliphatic heterocycles. The summed E-state index contributed by atoms with van der Waals surface area (Å²) in [6.45, 7) is -0.00766. The van der Waals surface area contributed by atoms with Crippen LogP contribution >= 0.6 is 0 Å². The number of rotatable bonds is 2. The molecular formula is C14H11FN2O4. The van der Waals surface area contributed by atoms with E-state index in [9.17, 15) is 23.6 Å². The monoisotopic (exact) mass is 290 g/mol. The minimum Gasteiger partial charge on any atom is -0.322 e. The Balaban J connectivity index is 1.97. The highest BCUT2D eigenvalue weighted by Gasteiger charge is 2.41. The lowest BCUT2D eigenvalue weighted by molar-refractivity contribution is -0.136. The average Bonchev–Trinajstić information content (AvgIpc) is 2.78. The number of benzene rings is 1. The molecule has 7 heteroatoms. The van der Waals surface area contributed by atoms with Crippen molar-refractivity contribution in [1.82, 2.24) is 10.2 Å². The van der Waals surface area contributed by atoms with E-state index >= 15 is 0 Å². The highest BCUT2D eigenvalue weighted by atomic mass is 19.1. The summed E-state index contributed by atoms with van der Waals surface area (Å²) in [5.74, 6) is -2.29. The fraction of sp³-hybridized carbons (Fsp3) is 0.286. The highest BCUT2D eigenvalue weighted by Crippen LogP contribution is 2.30. The molecule has 1 saturated heterocycles. The Hall–Kier alpha value is -2.57. The van der Waals surface area contributed by atoms with E-state index in [1.54, 1.807) is 0 Å². The van der Waals surface area contributed by atoms with Gasteiger partial charge < -0.3 is 4.90 Å². The molecule has 2 heterocycles. The molecule has 1 aromatic rings. The highest BCUT2D eigenvalue weighted by molar-refractivity contribution is 6.06. The Bertz CT molecular complexity index is 686. The summed E-state index contributed by atoms with van der Waals surface area (Å²) >= 11 is 0. The summed E-state index contributed by atoms with van der Waals surface area (Å²) in [5, 5.41) is 2.16. The number of halogens is 1. The minimum atomic E-state index is -0.818. The van der Waals surface area contributed by atoms with Crippen molar-refractivity contribution in [2.75, 3.05) is 0 Å². The molecule has 21 heavy (non-hydrogen) atoms. The number of hydrogen-bond donors (Lipinski definition) is 1. The van der Waals surface area contributed by atoms with Gasteiger partial charge in [0, 0.05) is 18.5 Å². The molecule has 2 aliphatic rings. The fourth-order valence-corrected chi connectivity index (χ4v) is 2.76. The predicted molar refractivity (Wildman–Crippen MR) is 67.8 cm³/mol. The molecule has 0 aliphatic carbocycles. The van der Waals surface area contributed by atoms with Gasteiger partial charge in [-0.05, 0) is 24.1 Å². The van der Waals surface area contributed by atoms with Crippen molar-refractivity contribution in [2.45, 2.75) is 25.4 Å². The number of carbonyl (C=O) groups excluding carboxylic acids is 4. The first kappa shape index (κ1) is 13.4. The van der Waals surface area contributed by atoms with E-state index in [0.717, 1.165) is 6.07 Å². The first-order chi connectivity index (χ1) is 10.0. The number of piperidine rings is 1.